The van der Waals surface area contributed by atoms with Crippen molar-refractivity contribution in [2.45, 2.75) is 26.8 Å². The van der Waals surface area contributed by atoms with Crippen molar-refractivity contribution < 1.29 is 4.79 Å². The molecule has 6 nitrogen and oxygen atoms in total. The molecule has 1 aromatic carbocycles. The van der Waals surface area contributed by atoms with Gasteiger partial charge in [-0.2, -0.15) is 0 Å². The van der Waals surface area contributed by atoms with Crippen molar-refractivity contribution in [3.05, 3.63) is 68.6 Å². The smallest absolute Gasteiger partial charge is 0.259 e. The molecule has 28 heavy (non-hydrogen) atoms. The minimum absolute atomic E-state index is 0.0249. The maximum atomic E-state index is 12.7. The lowest BCUT2D eigenvalue weighted by Gasteiger charge is -2.34. The molecule has 1 fully saturated rings. The van der Waals surface area contributed by atoms with Gasteiger partial charge in [-0.05, 0) is 31.0 Å². The fraction of sp³-hybridized carbons (Fsp3) is 0.381. The second-order valence-electron chi connectivity index (χ2n) is 7.20. The number of aryl methyl sites for hydroxylation is 2. The highest BCUT2D eigenvalue weighted by atomic mass is 32.1. The Morgan fingerprint density at radius 3 is 2.54 bits per heavy atom. The van der Waals surface area contributed by atoms with Gasteiger partial charge < -0.3 is 4.90 Å². The second-order valence-corrected chi connectivity index (χ2v) is 8.04. The van der Waals surface area contributed by atoms with E-state index < -0.39 is 0 Å². The number of aromatic nitrogens is 2. The van der Waals surface area contributed by atoms with Crippen molar-refractivity contribution in [1.29, 1.82) is 0 Å². The highest BCUT2D eigenvalue weighted by Gasteiger charge is 2.22. The number of carbonyl (C=O) groups is 1. The molecule has 0 atom stereocenters. The van der Waals surface area contributed by atoms with Crippen LogP contribution in [0.2, 0.25) is 0 Å². The van der Waals surface area contributed by atoms with Crippen molar-refractivity contribution in [1.82, 2.24) is 19.2 Å². The standard InChI is InChI=1S/C21H24N4O2S/c1-3-16-4-6-17(7-5-16)20(27)24-10-8-23(9-11-24)13-18-12-19(26)25-15(2)14-28-21(25)22-18/h4-7,12,14H,3,8-11,13H2,1-2H3. The second kappa shape index (κ2) is 7.85. The molecule has 1 aliphatic rings. The first-order chi connectivity index (χ1) is 13.5. The lowest BCUT2D eigenvalue weighted by molar-refractivity contribution is 0.0627. The third kappa shape index (κ3) is 3.72. The number of amides is 1. The molecule has 0 saturated carbocycles. The van der Waals surface area contributed by atoms with E-state index in [4.69, 9.17) is 0 Å². The lowest BCUT2D eigenvalue weighted by Crippen LogP contribution is -2.48. The topological polar surface area (TPSA) is 57.9 Å². The normalized spacial score (nSPS) is 15.3. The quantitative estimate of drug-likeness (QED) is 0.680. The number of hydrogen-bond acceptors (Lipinski definition) is 5. The fourth-order valence-corrected chi connectivity index (χ4v) is 4.48. The lowest BCUT2D eigenvalue weighted by atomic mass is 10.1. The van der Waals surface area contributed by atoms with E-state index in [-0.39, 0.29) is 11.5 Å². The van der Waals surface area contributed by atoms with E-state index in [1.807, 2.05) is 41.5 Å². The molecule has 1 saturated heterocycles. The van der Waals surface area contributed by atoms with Crippen LogP contribution >= 0.6 is 11.3 Å². The zero-order valence-corrected chi connectivity index (χ0v) is 17.0. The Balaban J connectivity index is 1.39. The van der Waals surface area contributed by atoms with Crippen molar-refractivity contribution >= 4 is 22.2 Å². The van der Waals surface area contributed by atoms with Crippen molar-refractivity contribution in [3.8, 4) is 0 Å². The Bertz CT molecular complexity index is 1050. The van der Waals surface area contributed by atoms with Gasteiger partial charge in [0.1, 0.15) is 0 Å². The molecular weight excluding hydrogens is 372 g/mol. The summed E-state index contributed by atoms with van der Waals surface area (Å²) in [5.41, 5.74) is 3.68. The maximum Gasteiger partial charge on any atom is 0.259 e. The molecule has 3 heterocycles. The van der Waals surface area contributed by atoms with E-state index in [1.54, 1.807) is 10.5 Å². The van der Waals surface area contributed by atoms with Gasteiger partial charge in [-0.25, -0.2) is 4.98 Å². The Hall–Kier alpha value is -2.51. The van der Waals surface area contributed by atoms with Crippen LogP contribution in [0.5, 0.6) is 0 Å². The van der Waals surface area contributed by atoms with Gasteiger partial charge in [0.2, 0.25) is 0 Å². The van der Waals surface area contributed by atoms with Gasteiger partial charge in [-0.3, -0.25) is 18.9 Å². The zero-order valence-electron chi connectivity index (χ0n) is 16.2. The van der Waals surface area contributed by atoms with Crippen LogP contribution in [-0.2, 0) is 13.0 Å². The number of nitrogens with zero attached hydrogens (tertiary/aromatic N) is 4. The van der Waals surface area contributed by atoms with Crippen LogP contribution in [0.4, 0.5) is 0 Å². The number of thiazole rings is 1. The van der Waals surface area contributed by atoms with Gasteiger partial charge in [0, 0.05) is 55.4 Å². The van der Waals surface area contributed by atoms with E-state index in [2.05, 4.69) is 16.8 Å². The van der Waals surface area contributed by atoms with E-state index >= 15 is 0 Å². The number of hydrogen-bond donors (Lipinski definition) is 0. The molecule has 0 aliphatic carbocycles. The van der Waals surface area contributed by atoms with Crippen LogP contribution in [0, 0.1) is 6.92 Å². The molecule has 4 rings (SSSR count). The molecule has 1 aliphatic heterocycles. The zero-order chi connectivity index (χ0) is 19.7. The summed E-state index contributed by atoms with van der Waals surface area (Å²) in [6.45, 7) is 7.60. The third-order valence-corrected chi connectivity index (χ3v) is 6.23. The molecule has 0 N–H and O–H groups in total. The number of rotatable bonds is 4. The molecular formula is C21H24N4O2S. The fourth-order valence-electron chi connectivity index (χ4n) is 3.59. The highest BCUT2D eigenvalue weighted by molar-refractivity contribution is 7.15. The van der Waals surface area contributed by atoms with E-state index in [0.717, 1.165) is 41.4 Å². The molecule has 3 aromatic rings. The van der Waals surface area contributed by atoms with Crippen LogP contribution in [0.1, 0.15) is 34.2 Å². The van der Waals surface area contributed by atoms with Gasteiger partial charge in [0.05, 0.1) is 5.69 Å². The summed E-state index contributed by atoms with van der Waals surface area (Å²) in [5, 5.41) is 1.95. The Morgan fingerprint density at radius 2 is 1.86 bits per heavy atom. The predicted octanol–water partition coefficient (Wildman–Crippen LogP) is 2.58. The summed E-state index contributed by atoms with van der Waals surface area (Å²) in [5.74, 6) is 0.0918. The predicted molar refractivity (Wildman–Crippen MR) is 111 cm³/mol. The SMILES string of the molecule is CCc1ccc(C(=O)N2CCN(Cc3cc(=O)n4c(C)csc4n3)CC2)cc1. The van der Waals surface area contributed by atoms with Gasteiger partial charge in [-0.1, -0.05) is 19.1 Å². The molecule has 7 heteroatoms. The van der Waals surface area contributed by atoms with E-state index in [0.29, 0.717) is 19.6 Å². The summed E-state index contributed by atoms with van der Waals surface area (Å²) >= 11 is 1.49. The van der Waals surface area contributed by atoms with Crippen molar-refractivity contribution in [2.24, 2.45) is 0 Å². The molecule has 146 valence electrons. The van der Waals surface area contributed by atoms with Crippen LogP contribution in [-0.4, -0.2) is 51.3 Å². The van der Waals surface area contributed by atoms with Gasteiger partial charge in [-0.15, -0.1) is 11.3 Å². The first kappa shape index (κ1) is 18.8. The van der Waals surface area contributed by atoms with Crippen LogP contribution in [0.3, 0.4) is 0 Å². The van der Waals surface area contributed by atoms with Crippen molar-refractivity contribution in [2.75, 3.05) is 26.2 Å². The Morgan fingerprint density at radius 1 is 1.14 bits per heavy atom. The van der Waals surface area contributed by atoms with Gasteiger partial charge in [0.25, 0.3) is 11.5 Å². The summed E-state index contributed by atoms with van der Waals surface area (Å²) < 4.78 is 1.65. The molecule has 0 unspecified atom stereocenters. The summed E-state index contributed by atoms with van der Waals surface area (Å²) in [6, 6.07) is 9.51. The van der Waals surface area contributed by atoms with Crippen LogP contribution in [0.25, 0.3) is 4.96 Å². The molecule has 0 radical (unpaired) electrons. The molecule has 1 amide bonds. The Kier molecular flexibility index (Phi) is 5.28. The molecule has 0 bridgehead atoms. The average molecular weight is 397 g/mol. The third-order valence-electron chi connectivity index (χ3n) is 5.28. The minimum atomic E-state index is -0.0249. The first-order valence-corrected chi connectivity index (χ1v) is 10.5. The Labute approximate surface area is 168 Å². The summed E-state index contributed by atoms with van der Waals surface area (Å²) in [4.78, 5) is 34.6. The summed E-state index contributed by atoms with van der Waals surface area (Å²) in [7, 11) is 0. The summed E-state index contributed by atoms with van der Waals surface area (Å²) in [6.07, 6.45) is 0.974. The average Bonchev–Trinajstić information content (AvgIpc) is 3.09. The molecule has 0 spiro atoms. The minimum Gasteiger partial charge on any atom is -0.336 e. The van der Waals surface area contributed by atoms with Gasteiger partial charge >= 0.3 is 0 Å². The van der Waals surface area contributed by atoms with Gasteiger partial charge in [0.15, 0.2) is 4.96 Å². The number of carbonyl (C=O) groups excluding carboxylic acids is 1. The largest absolute Gasteiger partial charge is 0.336 e. The van der Waals surface area contributed by atoms with Crippen LogP contribution in [0.15, 0.2) is 40.5 Å². The number of piperazine rings is 1. The molecule has 2 aromatic heterocycles. The van der Waals surface area contributed by atoms with E-state index in [9.17, 15) is 9.59 Å². The first-order valence-electron chi connectivity index (χ1n) is 9.62. The van der Waals surface area contributed by atoms with Crippen molar-refractivity contribution in [3.63, 3.8) is 0 Å². The highest BCUT2D eigenvalue weighted by Crippen LogP contribution is 2.14. The number of benzene rings is 1. The number of fused-ring (bicyclic) bond motifs is 1. The van der Waals surface area contributed by atoms with Crippen LogP contribution < -0.4 is 5.56 Å². The maximum absolute atomic E-state index is 12.7. The van der Waals surface area contributed by atoms with E-state index in [1.165, 1.54) is 16.9 Å². The monoisotopic (exact) mass is 396 g/mol.